The molecule has 0 saturated heterocycles. The summed E-state index contributed by atoms with van der Waals surface area (Å²) in [5, 5.41) is 10.7. The van der Waals surface area contributed by atoms with Gasteiger partial charge >= 0.3 is 0 Å². The molecule has 0 aliphatic heterocycles. The lowest BCUT2D eigenvalue weighted by Gasteiger charge is -2.11. The van der Waals surface area contributed by atoms with Crippen molar-refractivity contribution in [2.24, 2.45) is 0 Å². The number of aliphatic hydroxyl groups excluding tert-OH is 1. The smallest absolute Gasteiger partial charge is 0.265 e. The number of aliphatic hydroxyl groups is 1. The lowest BCUT2D eigenvalue weighted by atomic mass is 10.3. The number of halogens is 4. The molecular formula is C11H11F4NO3. The Balaban J connectivity index is 2.38. The maximum atomic E-state index is 13.1. The Morgan fingerprint density at radius 2 is 2.05 bits per heavy atom. The first-order valence-corrected chi connectivity index (χ1v) is 5.21. The molecule has 0 aliphatic rings. The molecule has 0 aliphatic carbocycles. The number of carbonyl (C=O) groups excluding carboxylic acids is 1. The summed E-state index contributed by atoms with van der Waals surface area (Å²) in [6, 6.07) is 2.51. The Morgan fingerprint density at radius 3 is 2.63 bits per heavy atom. The second-order valence-corrected chi connectivity index (χ2v) is 3.57. The molecule has 1 rings (SSSR count). The van der Waals surface area contributed by atoms with Gasteiger partial charge in [-0.05, 0) is 12.1 Å². The highest BCUT2D eigenvalue weighted by molar-refractivity contribution is 5.77. The summed E-state index contributed by atoms with van der Waals surface area (Å²) in [6.45, 7) is -1.29. The van der Waals surface area contributed by atoms with Gasteiger partial charge in [0.05, 0.1) is 0 Å². The number of carbonyl (C=O) groups is 1. The van der Waals surface area contributed by atoms with Gasteiger partial charge in [-0.3, -0.25) is 4.79 Å². The highest BCUT2D eigenvalue weighted by Crippen LogP contribution is 2.17. The van der Waals surface area contributed by atoms with E-state index in [4.69, 9.17) is 9.84 Å². The van der Waals surface area contributed by atoms with Crippen LogP contribution in [-0.2, 0) is 4.79 Å². The van der Waals surface area contributed by atoms with Gasteiger partial charge in [0.15, 0.2) is 18.2 Å². The minimum atomic E-state index is -2.98. The van der Waals surface area contributed by atoms with Crippen LogP contribution in [0.2, 0.25) is 0 Å². The van der Waals surface area contributed by atoms with Crippen LogP contribution in [0.3, 0.4) is 0 Å². The van der Waals surface area contributed by atoms with Crippen molar-refractivity contribution < 1.29 is 32.2 Å². The average Bonchev–Trinajstić information content (AvgIpc) is 2.34. The van der Waals surface area contributed by atoms with E-state index in [0.29, 0.717) is 6.07 Å². The molecule has 1 aromatic rings. The van der Waals surface area contributed by atoms with Gasteiger partial charge in [-0.25, -0.2) is 17.6 Å². The van der Waals surface area contributed by atoms with Crippen LogP contribution in [-0.4, -0.2) is 36.7 Å². The van der Waals surface area contributed by atoms with Crippen LogP contribution in [0.4, 0.5) is 17.6 Å². The number of ether oxygens (including phenoxy) is 1. The molecule has 0 heterocycles. The van der Waals surface area contributed by atoms with Crippen molar-refractivity contribution in [3.63, 3.8) is 0 Å². The fraction of sp³-hybridized carbons (Fsp3) is 0.364. The van der Waals surface area contributed by atoms with Gasteiger partial charge in [0.2, 0.25) is 0 Å². The second kappa shape index (κ2) is 6.93. The van der Waals surface area contributed by atoms with Gasteiger partial charge in [0, 0.05) is 12.6 Å². The minimum Gasteiger partial charge on any atom is -0.481 e. The van der Waals surface area contributed by atoms with Crippen LogP contribution in [0, 0.1) is 11.6 Å². The molecule has 0 spiro atoms. The Labute approximate surface area is 106 Å². The normalized spacial score (nSPS) is 12.3. The molecule has 1 atom stereocenters. The molecule has 0 aromatic heterocycles. The molecule has 0 bridgehead atoms. The van der Waals surface area contributed by atoms with E-state index < -0.39 is 43.2 Å². The molecule has 1 amide bonds. The zero-order valence-electron chi connectivity index (χ0n) is 9.58. The second-order valence-electron chi connectivity index (χ2n) is 3.57. The predicted octanol–water partition coefficient (Wildman–Crippen LogP) is 1.09. The van der Waals surface area contributed by atoms with Crippen molar-refractivity contribution >= 4 is 5.91 Å². The minimum absolute atomic E-state index is 0.342. The van der Waals surface area contributed by atoms with E-state index in [1.54, 1.807) is 0 Å². The zero-order chi connectivity index (χ0) is 14.4. The molecule has 0 radical (unpaired) electrons. The monoisotopic (exact) mass is 281 g/mol. The zero-order valence-corrected chi connectivity index (χ0v) is 9.58. The molecule has 8 heteroatoms. The third kappa shape index (κ3) is 5.12. The number of hydrogen-bond acceptors (Lipinski definition) is 3. The molecule has 0 fully saturated rings. The average molecular weight is 281 g/mol. The first-order valence-electron chi connectivity index (χ1n) is 5.21. The quantitative estimate of drug-likeness (QED) is 0.767. The maximum absolute atomic E-state index is 13.1. The Hall–Kier alpha value is -1.83. The Kier molecular flexibility index (Phi) is 5.56. The van der Waals surface area contributed by atoms with E-state index in [2.05, 4.69) is 0 Å². The van der Waals surface area contributed by atoms with Crippen LogP contribution in [0.15, 0.2) is 18.2 Å². The fourth-order valence-electron chi connectivity index (χ4n) is 1.09. The van der Waals surface area contributed by atoms with E-state index in [1.165, 1.54) is 0 Å². The van der Waals surface area contributed by atoms with Crippen molar-refractivity contribution in [3.8, 4) is 5.75 Å². The van der Waals surface area contributed by atoms with Crippen molar-refractivity contribution in [2.45, 2.75) is 12.5 Å². The van der Waals surface area contributed by atoms with E-state index in [0.717, 1.165) is 12.1 Å². The molecule has 4 nitrogen and oxygen atoms in total. The van der Waals surface area contributed by atoms with Crippen molar-refractivity contribution in [3.05, 3.63) is 29.8 Å². The number of nitrogens with one attached hydrogen (secondary N) is 1. The van der Waals surface area contributed by atoms with Gasteiger partial charge in [-0.15, -0.1) is 0 Å². The highest BCUT2D eigenvalue weighted by Gasteiger charge is 2.17. The largest absolute Gasteiger partial charge is 0.481 e. The van der Waals surface area contributed by atoms with E-state index >= 15 is 0 Å². The van der Waals surface area contributed by atoms with Gasteiger partial charge in [-0.2, -0.15) is 0 Å². The van der Waals surface area contributed by atoms with Gasteiger partial charge in [-0.1, -0.05) is 0 Å². The van der Waals surface area contributed by atoms with Crippen LogP contribution in [0.1, 0.15) is 0 Å². The SMILES string of the molecule is O=C(COc1ccc(F)cc1F)NCC(O)C(F)F. The Bertz CT molecular complexity index is 442. The summed E-state index contributed by atoms with van der Waals surface area (Å²) in [6.07, 6.45) is -4.96. The maximum Gasteiger partial charge on any atom is 0.265 e. The lowest BCUT2D eigenvalue weighted by molar-refractivity contribution is -0.124. The third-order valence-corrected chi connectivity index (χ3v) is 2.05. The van der Waals surface area contributed by atoms with Crippen molar-refractivity contribution in [1.82, 2.24) is 5.32 Å². The Morgan fingerprint density at radius 1 is 1.37 bits per heavy atom. The molecule has 1 unspecified atom stereocenters. The summed E-state index contributed by atoms with van der Waals surface area (Å²) in [4.78, 5) is 11.1. The first kappa shape index (κ1) is 15.2. The van der Waals surface area contributed by atoms with Crippen molar-refractivity contribution in [2.75, 3.05) is 13.2 Å². The molecule has 1 aromatic carbocycles. The summed E-state index contributed by atoms with van der Waals surface area (Å²) < 4.78 is 54.2. The molecule has 0 saturated carbocycles. The van der Waals surface area contributed by atoms with Crippen molar-refractivity contribution in [1.29, 1.82) is 0 Å². The standard InChI is InChI=1S/C11H11F4NO3/c12-6-1-2-9(7(13)3-6)19-5-10(18)16-4-8(17)11(14)15/h1-3,8,11,17H,4-5H2,(H,16,18). The number of rotatable bonds is 6. The summed E-state index contributed by atoms with van der Waals surface area (Å²) in [7, 11) is 0. The summed E-state index contributed by atoms with van der Waals surface area (Å²) in [5.41, 5.74) is 0. The highest BCUT2D eigenvalue weighted by atomic mass is 19.3. The number of alkyl halides is 2. The van der Waals surface area contributed by atoms with E-state index in [-0.39, 0.29) is 5.75 Å². The fourth-order valence-corrected chi connectivity index (χ4v) is 1.09. The molecule has 106 valence electrons. The third-order valence-electron chi connectivity index (χ3n) is 2.05. The van der Waals surface area contributed by atoms with Crippen LogP contribution >= 0.6 is 0 Å². The van der Waals surface area contributed by atoms with E-state index in [1.807, 2.05) is 5.32 Å². The van der Waals surface area contributed by atoms with Gasteiger partial charge in [0.25, 0.3) is 12.3 Å². The van der Waals surface area contributed by atoms with Crippen LogP contribution in [0.25, 0.3) is 0 Å². The van der Waals surface area contributed by atoms with Gasteiger partial charge in [0.1, 0.15) is 11.9 Å². The molecule has 19 heavy (non-hydrogen) atoms. The summed E-state index contributed by atoms with van der Waals surface area (Å²) in [5.74, 6) is -2.94. The predicted molar refractivity (Wildman–Crippen MR) is 56.9 cm³/mol. The molecule has 2 N–H and O–H groups in total. The van der Waals surface area contributed by atoms with E-state index in [9.17, 15) is 22.4 Å². The lowest BCUT2D eigenvalue weighted by Crippen LogP contribution is -2.38. The molecular weight excluding hydrogens is 270 g/mol. The van der Waals surface area contributed by atoms with Gasteiger partial charge < -0.3 is 15.2 Å². The number of hydrogen-bond donors (Lipinski definition) is 2. The summed E-state index contributed by atoms with van der Waals surface area (Å²) >= 11 is 0. The number of benzene rings is 1. The number of amides is 1. The van der Waals surface area contributed by atoms with Crippen LogP contribution in [0.5, 0.6) is 5.75 Å². The first-order chi connectivity index (χ1) is 8.90. The van der Waals surface area contributed by atoms with Crippen LogP contribution < -0.4 is 10.1 Å². The topological polar surface area (TPSA) is 58.6 Å².